The second-order valence-electron chi connectivity index (χ2n) is 8.54. The largest absolute Gasteiger partial charge is 0.481 e. The van der Waals surface area contributed by atoms with Gasteiger partial charge in [-0.25, -0.2) is 13.2 Å². The molecule has 1 amide bonds. The number of esters is 1. The van der Waals surface area contributed by atoms with Gasteiger partial charge in [0, 0.05) is 17.3 Å². The van der Waals surface area contributed by atoms with Crippen LogP contribution in [0, 0.1) is 0 Å². The highest BCUT2D eigenvalue weighted by Crippen LogP contribution is 2.35. The summed E-state index contributed by atoms with van der Waals surface area (Å²) in [5.74, 6) is -4.07. The zero-order valence-corrected chi connectivity index (χ0v) is 23.6. The van der Waals surface area contributed by atoms with Crippen molar-refractivity contribution in [3.8, 4) is 11.9 Å². The van der Waals surface area contributed by atoms with E-state index >= 15 is 0 Å². The van der Waals surface area contributed by atoms with Crippen LogP contribution in [0.3, 0.4) is 0 Å². The van der Waals surface area contributed by atoms with Crippen LogP contribution in [0.2, 0.25) is 0 Å². The average molecular weight is 652 g/mol. The minimum absolute atomic E-state index is 0.0521. The molecule has 3 N–H and O–H groups in total. The van der Waals surface area contributed by atoms with E-state index in [4.69, 9.17) is 9.47 Å². The van der Waals surface area contributed by atoms with Crippen molar-refractivity contribution >= 4 is 33.4 Å². The molecule has 0 aliphatic carbocycles. The summed E-state index contributed by atoms with van der Waals surface area (Å²) in [5, 5.41) is 3.21. The zero-order chi connectivity index (χ0) is 32.9. The number of halogens is 6. The molecule has 1 atom stereocenters. The van der Waals surface area contributed by atoms with Crippen LogP contribution in [-0.4, -0.2) is 62.9 Å². The zero-order valence-electron chi connectivity index (χ0n) is 22.8. The minimum Gasteiger partial charge on any atom is -0.481 e. The molecule has 44 heavy (non-hydrogen) atoms. The van der Waals surface area contributed by atoms with Gasteiger partial charge in [0.15, 0.2) is 5.82 Å². The topological polar surface area (TPSA) is 158 Å². The van der Waals surface area contributed by atoms with Gasteiger partial charge in [-0.1, -0.05) is 6.07 Å². The Labute approximate surface area is 245 Å². The number of hydrogen-bond donors (Lipinski definition) is 3. The molecule has 0 unspecified atom stereocenters. The first-order valence-electron chi connectivity index (χ1n) is 12.1. The van der Waals surface area contributed by atoms with Crippen molar-refractivity contribution in [1.82, 2.24) is 15.3 Å². The van der Waals surface area contributed by atoms with Crippen LogP contribution < -0.4 is 24.8 Å². The first kappa shape index (κ1) is 33.7. The summed E-state index contributed by atoms with van der Waals surface area (Å²) >= 11 is 0. The maximum absolute atomic E-state index is 14.5. The van der Waals surface area contributed by atoms with E-state index in [1.54, 1.807) is 5.32 Å². The van der Waals surface area contributed by atoms with E-state index in [2.05, 4.69) is 19.4 Å². The predicted octanol–water partition coefficient (Wildman–Crippen LogP) is 3.98. The summed E-state index contributed by atoms with van der Waals surface area (Å²) < 4.78 is 125. The SMILES string of the molecule is CCOC(=O)[C@](NC(=O)c1cccc(C(F)(F)F)c1)(Nc1ccc(S(=O)(=O)Nc2cc(OC)nc(OC)n2)cc1)C(F)(F)F. The number of ether oxygens (including phenoxy) is 3. The molecule has 2 aromatic carbocycles. The Morgan fingerprint density at radius 1 is 0.909 bits per heavy atom. The van der Waals surface area contributed by atoms with Crippen LogP contribution in [0.25, 0.3) is 0 Å². The summed E-state index contributed by atoms with van der Waals surface area (Å²) in [6.45, 7) is 0.613. The lowest BCUT2D eigenvalue weighted by atomic mass is 10.1. The number of sulfonamides is 1. The highest BCUT2D eigenvalue weighted by Gasteiger charge is 2.63. The molecule has 3 aromatic rings. The van der Waals surface area contributed by atoms with Gasteiger partial charge in [0.05, 0.1) is 31.3 Å². The third-order valence-corrected chi connectivity index (χ3v) is 6.94. The first-order chi connectivity index (χ1) is 20.5. The fraction of sp³-hybridized carbons (Fsp3) is 0.280. The standard InChI is InChI=1S/C25H23F6N5O7S/c1-4-43-21(38)23(25(29,30)31,35-20(37)14-6-5-7-15(12-14)24(26,27)28)34-16-8-10-17(11-9-16)44(39,40)36-18-13-19(41-2)33-22(32-18)42-3/h5-13,34H,4H2,1-3H3,(H,35,37)(H,32,33,36)/t23-/m1/s1. The number of nitrogens with zero attached hydrogens (tertiary/aromatic N) is 2. The molecule has 0 saturated carbocycles. The number of hydrogen-bond acceptors (Lipinski definition) is 10. The van der Waals surface area contributed by atoms with E-state index < -0.39 is 68.2 Å². The van der Waals surface area contributed by atoms with Crippen molar-refractivity contribution in [3.63, 3.8) is 0 Å². The van der Waals surface area contributed by atoms with Crippen LogP contribution in [0.4, 0.5) is 37.8 Å². The van der Waals surface area contributed by atoms with Crippen molar-refractivity contribution in [3.05, 3.63) is 65.7 Å². The lowest BCUT2D eigenvalue weighted by molar-refractivity contribution is -0.204. The fourth-order valence-corrected chi connectivity index (χ4v) is 4.48. The normalized spacial score (nSPS) is 13.3. The van der Waals surface area contributed by atoms with Gasteiger partial charge < -0.3 is 24.8 Å². The Morgan fingerprint density at radius 2 is 1.57 bits per heavy atom. The molecule has 0 bridgehead atoms. The number of aromatic nitrogens is 2. The Balaban J connectivity index is 1.97. The number of carbonyl (C=O) groups excluding carboxylic acids is 2. The highest BCUT2D eigenvalue weighted by molar-refractivity contribution is 7.92. The molecule has 19 heteroatoms. The van der Waals surface area contributed by atoms with Crippen LogP contribution in [0.1, 0.15) is 22.8 Å². The fourth-order valence-electron chi connectivity index (χ4n) is 3.49. The maximum atomic E-state index is 14.5. The van der Waals surface area contributed by atoms with E-state index in [0.717, 1.165) is 42.5 Å². The monoisotopic (exact) mass is 651 g/mol. The van der Waals surface area contributed by atoms with Crippen LogP contribution in [0.5, 0.6) is 11.9 Å². The predicted molar refractivity (Wildman–Crippen MR) is 140 cm³/mol. The quantitative estimate of drug-likeness (QED) is 0.157. The number of nitrogens with one attached hydrogen (secondary N) is 3. The van der Waals surface area contributed by atoms with Gasteiger partial charge in [-0.15, -0.1) is 0 Å². The maximum Gasteiger partial charge on any atom is 0.441 e. The molecule has 1 aromatic heterocycles. The molecular weight excluding hydrogens is 628 g/mol. The van der Waals surface area contributed by atoms with Gasteiger partial charge in [0.25, 0.3) is 15.9 Å². The highest BCUT2D eigenvalue weighted by atomic mass is 32.2. The van der Waals surface area contributed by atoms with Crippen molar-refractivity contribution in [2.75, 3.05) is 30.9 Å². The summed E-state index contributed by atoms with van der Waals surface area (Å²) in [4.78, 5) is 32.7. The van der Waals surface area contributed by atoms with Gasteiger partial charge in [-0.3, -0.25) is 9.52 Å². The lowest BCUT2D eigenvalue weighted by Crippen LogP contribution is -2.69. The summed E-state index contributed by atoms with van der Waals surface area (Å²) in [6, 6.07) is 6.80. The van der Waals surface area contributed by atoms with E-state index in [-0.39, 0.29) is 17.7 Å². The summed E-state index contributed by atoms with van der Waals surface area (Å²) in [7, 11) is -1.93. The van der Waals surface area contributed by atoms with Gasteiger partial charge in [-0.2, -0.15) is 36.3 Å². The van der Waals surface area contributed by atoms with Crippen molar-refractivity contribution in [2.45, 2.75) is 29.8 Å². The Morgan fingerprint density at radius 3 is 2.11 bits per heavy atom. The smallest absolute Gasteiger partial charge is 0.441 e. The first-order valence-corrected chi connectivity index (χ1v) is 13.6. The van der Waals surface area contributed by atoms with Crippen molar-refractivity contribution in [2.24, 2.45) is 0 Å². The van der Waals surface area contributed by atoms with Gasteiger partial charge in [0.2, 0.25) is 5.88 Å². The number of benzene rings is 2. The van der Waals surface area contributed by atoms with Gasteiger partial charge >= 0.3 is 30.0 Å². The molecule has 1 heterocycles. The molecule has 0 aliphatic rings. The van der Waals surface area contributed by atoms with E-state index in [9.17, 15) is 44.3 Å². The Bertz CT molecular complexity index is 1600. The average Bonchev–Trinajstić information content (AvgIpc) is 2.95. The second-order valence-corrected chi connectivity index (χ2v) is 10.2. The summed E-state index contributed by atoms with van der Waals surface area (Å²) in [5.41, 5.74) is -6.72. The molecule has 0 spiro atoms. The van der Waals surface area contributed by atoms with E-state index in [1.165, 1.54) is 26.5 Å². The number of alkyl halides is 6. The number of anilines is 2. The second kappa shape index (κ2) is 12.8. The summed E-state index contributed by atoms with van der Waals surface area (Å²) in [6.07, 6.45) is -10.5. The van der Waals surface area contributed by atoms with Crippen LogP contribution >= 0.6 is 0 Å². The molecule has 0 aliphatic heterocycles. The molecule has 3 rings (SSSR count). The van der Waals surface area contributed by atoms with Crippen molar-refractivity contribution in [1.29, 1.82) is 0 Å². The minimum atomic E-state index is -5.63. The molecular formula is C25H23F6N5O7S. The third-order valence-electron chi connectivity index (χ3n) is 5.57. The van der Waals surface area contributed by atoms with Gasteiger partial charge in [0.1, 0.15) is 0 Å². The molecule has 12 nitrogen and oxygen atoms in total. The number of rotatable bonds is 11. The molecule has 0 fully saturated rings. The Hall–Kier alpha value is -4.81. The number of methoxy groups -OCH3 is 2. The molecule has 0 radical (unpaired) electrons. The lowest BCUT2D eigenvalue weighted by Gasteiger charge is -2.35. The van der Waals surface area contributed by atoms with E-state index in [0.29, 0.717) is 12.1 Å². The molecule has 0 saturated heterocycles. The third kappa shape index (κ3) is 7.57. The Kier molecular flexibility index (Phi) is 9.82. The number of amides is 1. The van der Waals surface area contributed by atoms with Crippen molar-refractivity contribution < 1.29 is 58.6 Å². The van der Waals surface area contributed by atoms with Gasteiger partial charge in [-0.05, 0) is 49.4 Å². The van der Waals surface area contributed by atoms with Crippen LogP contribution in [0.15, 0.2) is 59.5 Å². The molecule has 238 valence electrons. The number of carbonyl (C=O) groups is 2. The van der Waals surface area contributed by atoms with E-state index in [1.807, 2.05) is 0 Å². The van der Waals surface area contributed by atoms with Crippen LogP contribution in [-0.2, 0) is 25.7 Å².